The SMILES string of the molecule is Cc1ccc(C(=O)NC2=NCC=C2)cc1Nc1ncnn2cc(C(=O)N(C(=O)OCOP(=O)(O)O)C3CC3)c(C)c12. The van der Waals surface area contributed by atoms with Crippen molar-refractivity contribution in [3.8, 4) is 0 Å². The van der Waals surface area contributed by atoms with Crippen LogP contribution in [0.3, 0.4) is 0 Å². The predicted molar refractivity (Wildman–Crippen MR) is 145 cm³/mol. The number of rotatable bonds is 8. The molecule has 1 saturated carbocycles. The Hall–Kier alpha value is -4.43. The summed E-state index contributed by atoms with van der Waals surface area (Å²) < 4.78 is 21.3. The number of phosphoric ester groups is 1. The van der Waals surface area contributed by atoms with E-state index in [9.17, 15) is 18.9 Å². The maximum Gasteiger partial charge on any atom is 0.472 e. The molecule has 0 atom stereocenters. The summed E-state index contributed by atoms with van der Waals surface area (Å²) in [7, 11) is -4.86. The third-order valence-electron chi connectivity index (χ3n) is 6.43. The van der Waals surface area contributed by atoms with Crippen molar-refractivity contribution < 1.29 is 38.0 Å². The maximum atomic E-state index is 13.5. The quantitative estimate of drug-likeness (QED) is 0.225. The van der Waals surface area contributed by atoms with Crippen LogP contribution in [0.5, 0.6) is 0 Å². The minimum atomic E-state index is -4.86. The number of aliphatic imine (C=N–C) groups is 1. The fraction of sp³-hybridized carbons (Fsp3) is 0.280. The number of anilines is 2. The molecule has 16 heteroatoms. The van der Waals surface area contributed by atoms with Crippen molar-refractivity contribution in [2.45, 2.75) is 32.7 Å². The molecule has 3 heterocycles. The standard InChI is InChI=1S/C25H26N7O8P/c1-14-5-6-16(23(33)30-20-4-3-9-26-20)10-19(14)29-22-21-15(2)18(11-31(21)28-12-27-22)24(34)32(17-7-8-17)25(35)39-13-40-41(36,37)38/h3-6,10-12,17H,7-9,13H2,1-2H3,(H,26,30,33)(H,27,28,29)(H2,36,37,38). The molecular weight excluding hydrogens is 557 g/mol. The largest absolute Gasteiger partial charge is 0.472 e. The van der Waals surface area contributed by atoms with E-state index < -0.39 is 32.7 Å². The van der Waals surface area contributed by atoms with Crippen LogP contribution >= 0.6 is 7.82 Å². The Morgan fingerprint density at radius 1 is 1.22 bits per heavy atom. The van der Waals surface area contributed by atoms with Gasteiger partial charge in [0.2, 0.25) is 6.79 Å². The number of phosphoric acid groups is 1. The zero-order valence-corrected chi connectivity index (χ0v) is 22.9. The highest BCUT2D eigenvalue weighted by Crippen LogP contribution is 2.36. The van der Waals surface area contributed by atoms with E-state index in [1.54, 1.807) is 31.2 Å². The lowest BCUT2D eigenvalue weighted by Gasteiger charge is -2.19. The van der Waals surface area contributed by atoms with E-state index in [-0.39, 0.29) is 11.5 Å². The van der Waals surface area contributed by atoms with Crippen molar-refractivity contribution in [1.29, 1.82) is 0 Å². The second-order valence-corrected chi connectivity index (χ2v) is 10.6. The summed E-state index contributed by atoms with van der Waals surface area (Å²) in [6.45, 7) is 3.04. The fourth-order valence-corrected chi connectivity index (χ4v) is 4.40. The van der Waals surface area contributed by atoms with E-state index in [2.05, 4.69) is 30.2 Å². The smallest absolute Gasteiger partial charge is 0.421 e. The average Bonchev–Trinajstić information content (AvgIpc) is 3.48. The lowest BCUT2D eigenvalue weighted by atomic mass is 10.1. The van der Waals surface area contributed by atoms with Gasteiger partial charge in [-0.3, -0.25) is 14.6 Å². The highest BCUT2D eigenvalue weighted by Gasteiger charge is 2.40. The van der Waals surface area contributed by atoms with Gasteiger partial charge in [0, 0.05) is 23.5 Å². The van der Waals surface area contributed by atoms with Gasteiger partial charge < -0.3 is 25.2 Å². The number of carbonyl (C=O) groups excluding carboxylic acids is 3. The number of nitrogens with zero attached hydrogens (tertiary/aromatic N) is 5. The molecule has 2 aromatic heterocycles. The summed E-state index contributed by atoms with van der Waals surface area (Å²) in [5, 5.41) is 10.2. The number of nitrogens with one attached hydrogen (secondary N) is 2. The van der Waals surface area contributed by atoms with Gasteiger partial charge >= 0.3 is 13.9 Å². The molecule has 0 unspecified atom stereocenters. The summed E-state index contributed by atoms with van der Waals surface area (Å²) in [6.07, 6.45) is 6.36. The summed E-state index contributed by atoms with van der Waals surface area (Å²) in [5.41, 5.74) is 2.92. The zero-order valence-electron chi connectivity index (χ0n) is 22.0. The summed E-state index contributed by atoms with van der Waals surface area (Å²) in [5.74, 6) is -0.143. The number of amidine groups is 1. The van der Waals surface area contributed by atoms with Crippen LogP contribution in [0, 0.1) is 13.8 Å². The Balaban J connectivity index is 1.40. The number of hydrogen-bond acceptors (Lipinski definition) is 10. The Morgan fingerprint density at radius 3 is 2.68 bits per heavy atom. The number of ether oxygens (including phenoxy) is 1. The lowest BCUT2D eigenvalue weighted by Crippen LogP contribution is -2.39. The number of hydrogen-bond donors (Lipinski definition) is 4. The second kappa shape index (κ2) is 11.2. The number of benzene rings is 1. The van der Waals surface area contributed by atoms with Crippen molar-refractivity contribution >= 4 is 48.6 Å². The second-order valence-electron chi connectivity index (χ2n) is 9.36. The fourth-order valence-electron chi connectivity index (χ4n) is 4.21. The van der Waals surface area contributed by atoms with Gasteiger partial charge in [-0.05, 0) is 56.0 Å². The van der Waals surface area contributed by atoms with Crippen molar-refractivity contribution in [3.63, 3.8) is 0 Å². The van der Waals surface area contributed by atoms with E-state index in [0.29, 0.717) is 53.4 Å². The summed E-state index contributed by atoms with van der Waals surface area (Å²) in [6, 6.07) is 4.74. The molecule has 0 spiro atoms. The molecule has 214 valence electrons. The third-order valence-corrected chi connectivity index (χ3v) is 6.87. The Bertz CT molecular complexity index is 1660. The number of aromatic nitrogens is 3. The average molecular weight is 583 g/mol. The first kappa shape index (κ1) is 28.1. The summed E-state index contributed by atoms with van der Waals surface area (Å²) in [4.78, 5) is 65.9. The molecule has 1 aliphatic carbocycles. The molecule has 0 radical (unpaired) electrons. The molecule has 0 bridgehead atoms. The molecule has 1 aromatic carbocycles. The molecule has 4 N–H and O–H groups in total. The highest BCUT2D eigenvalue weighted by molar-refractivity contribution is 7.46. The van der Waals surface area contributed by atoms with Crippen LogP contribution in [0.1, 0.15) is 44.7 Å². The number of aryl methyl sites for hydroxylation is 2. The predicted octanol–water partition coefficient (Wildman–Crippen LogP) is 2.60. The van der Waals surface area contributed by atoms with Gasteiger partial charge in [-0.15, -0.1) is 0 Å². The third kappa shape index (κ3) is 6.33. The van der Waals surface area contributed by atoms with E-state index in [4.69, 9.17) is 14.5 Å². The Labute approximate surface area is 233 Å². The van der Waals surface area contributed by atoms with Gasteiger partial charge in [0.1, 0.15) is 17.7 Å². The summed E-state index contributed by atoms with van der Waals surface area (Å²) >= 11 is 0. The molecule has 0 saturated heterocycles. The molecule has 5 rings (SSSR count). The van der Waals surface area contributed by atoms with Gasteiger partial charge in [-0.1, -0.05) is 12.1 Å². The van der Waals surface area contributed by atoms with Crippen LogP contribution in [0.15, 0.2) is 47.9 Å². The molecular formula is C25H26N7O8P. The molecule has 1 fully saturated rings. The van der Waals surface area contributed by atoms with Crippen molar-refractivity contribution in [1.82, 2.24) is 24.8 Å². The van der Waals surface area contributed by atoms with Gasteiger partial charge in [0.15, 0.2) is 5.82 Å². The van der Waals surface area contributed by atoms with Gasteiger partial charge in [-0.25, -0.2) is 28.3 Å². The number of amides is 3. The Kier molecular flexibility index (Phi) is 7.69. The van der Waals surface area contributed by atoms with Crippen LogP contribution in [0.4, 0.5) is 16.3 Å². The Morgan fingerprint density at radius 2 is 2.00 bits per heavy atom. The topological polar surface area (TPSA) is 197 Å². The van der Waals surface area contributed by atoms with Crippen LogP contribution in [-0.4, -0.2) is 72.4 Å². The molecule has 3 aromatic rings. The van der Waals surface area contributed by atoms with E-state index in [0.717, 1.165) is 10.5 Å². The van der Waals surface area contributed by atoms with Crippen molar-refractivity contribution in [2.75, 3.05) is 18.7 Å². The number of imide groups is 1. The van der Waals surface area contributed by atoms with E-state index in [1.165, 1.54) is 17.0 Å². The molecule has 3 amide bonds. The zero-order chi connectivity index (χ0) is 29.3. The minimum absolute atomic E-state index is 0.156. The van der Waals surface area contributed by atoms with Gasteiger partial charge in [0.25, 0.3) is 11.8 Å². The maximum absolute atomic E-state index is 13.5. The van der Waals surface area contributed by atoms with Crippen molar-refractivity contribution in [3.05, 3.63) is 65.1 Å². The van der Waals surface area contributed by atoms with Crippen LogP contribution in [-0.2, 0) is 13.8 Å². The lowest BCUT2D eigenvalue weighted by molar-refractivity contribution is 0.0193. The minimum Gasteiger partial charge on any atom is -0.421 e. The van der Waals surface area contributed by atoms with Crippen LogP contribution in [0.2, 0.25) is 0 Å². The van der Waals surface area contributed by atoms with Crippen LogP contribution in [0.25, 0.3) is 5.52 Å². The first-order valence-corrected chi connectivity index (χ1v) is 14.0. The first-order valence-electron chi connectivity index (χ1n) is 12.4. The van der Waals surface area contributed by atoms with E-state index >= 15 is 0 Å². The van der Waals surface area contributed by atoms with Crippen molar-refractivity contribution in [2.24, 2.45) is 4.99 Å². The van der Waals surface area contributed by atoms with E-state index in [1.807, 2.05) is 13.0 Å². The van der Waals surface area contributed by atoms with Gasteiger partial charge in [-0.2, -0.15) is 5.10 Å². The molecule has 41 heavy (non-hydrogen) atoms. The molecule has 15 nitrogen and oxygen atoms in total. The highest BCUT2D eigenvalue weighted by atomic mass is 31.2. The molecule has 1 aliphatic heterocycles. The monoisotopic (exact) mass is 583 g/mol. The molecule has 2 aliphatic rings. The van der Waals surface area contributed by atoms with Crippen LogP contribution < -0.4 is 10.6 Å². The van der Waals surface area contributed by atoms with Gasteiger partial charge in [0.05, 0.1) is 12.1 Å². The normalized spacial score (nSPS) is 14.6. The number of fused-ring (bicyclic) bond motifs is 1. The first-order chi connectivity index (χ1) is 19.5. The number of carbonyl (C=O) groups is 3.